The van der Waals surface area contributed by atoms with Crippen molar-refractivity contribution in [3.05, 3.63) is 65.7 Å². The molecule has 4 rings (SSSR count). The largest absolute Gasteiger partial charge is 0.456 e. The second-order valence-corrected chi connectivity index (χ2v) is 6.35. The van der Waals surface area contributed by atoms with Gasteiger partial charge in [0.15, 0.2) is 11.4 Å². The molecule has 2 atom stereocenters. The minimum absolute atomic E-state index is 0.204. The highest BCUT2D eigenvalue weighted by atomic mass is 32.2. The quantitative estimate of drug-likeness (QED) is 0.759. The highest BCUT2D eigenvalue weighted by Gasteiger charge is 2.31. The molecule has 0 aliphatic carbocycles. The van der Waals surface area contributed by atoms with E-state index < -0.39 is 0 Å². The Kier molecular flexibility index (Phi) is 3.01. The summed E-state index contributed by atoms with van der Waals surface area (Å²) in [5, 5.41) is 0.763. The minimum Gasteiger partial charge on any atom is -0.456 e. The number of furan rings is 1. The standard InChI is InChI=1S/C17H14FNOS/c18-13-6-3-4-10-8-14(20-17(10)13)16(19)12-9-21-15-7-2-1-5-11(12)15/h1-8,12,16H,9,19H2. The zero-order valence-corrected chi connectivity index (χ0v) is 12.1. The van der Waals surface area contributed by atoms with Gasteiger partial charge in [0.25, 0.3) is 0 Å². The Balaban J connectivity index is 1.74. The summed E-state index contributed by atoms with van der Waals surface area (Å²) in [4.78, 5) is 1.28. The molecule has 0 spiro atoms. The molecule has 106 valence electrons. The Morgan fingerprint density at radius 1 is 1.19 bits per heavy atom. The van der Waals surface area contributed by atoms with E-state index in [1.165, 1.54) is 16.5 Å². The fraction of sp³-hybridized carbons (Fsp3) is 0.176. The third kappa shape index (κ3) is 2.06. The van der Waals surface area contributed by atoms with Gasteiger partial charge in [-0.3, -0.25) is 0 Å². The monoisotopic (exact) mass is 299 g/mol. The van der Waals surface area contributed by atoms with Gasteiger partial charge in [-0.25, -0.2) is 4.39 Å². The summed E-state index contributed by atoms with van der Waals surface area (Å²) in [5.41, 5.74) is 7.95. The first-order chi connectivity index (χ1) is 10.2. The van der Waals surface area contributed by atoms with Gasteiger partial charge < -0.3 is 10.2 Å². The SMILES string of the molecule is NC(c1cc2cccc(F)c2o1)C1CSc2ccccc21. The molecule has 21 heavy (non-hydrogen) atoms. The second kappa shape index (κ2) is 4.90. The fourth-order valence-corrected chi connectivity index (χ4v) is 4.20. The van der Waals surface area contributed by atoms with E-state index in [4.69, 9.17) is 10.2 Å². The third-order valence-corrected chi connectivity index (χ3v) is 5.22. The number of halogens is 1. The van der Waals surface area contributed by atoms with Crippen molar-refractivity contribution in [1.29, 1.82) is 0 Å². The molecule has 0 amide bonds. The van der Waals surface area contributed by atoms with Crippen LogP contribution in [0.4, 0.5) is 4.39 Å². The molecule has 0 fully saturated rings. The van der Waals surface area contributed by atoms with Crippen LogP contribution in [0.25, 0.3) is 11.0 Å². The number of rotatable bonds is 2. The lowest BCUT2D eigenvalue weighted by Crippen LogP contribution is -2.19. The van der Waals surface area contributed by atoms with E-state index in [2.05, 4.69) is 12.1 Å². The maximum atomic E-state index is 13.7. The summed E-state index contributed by atoms with van der Waals surface area (Å²) in [6, 6.07) is 14.8. The van der Waals surface area contributed by atoms with Gasteiger partial charge in [-0.05, 0) is 23.8 Å². The Morgan fingerprint density at radius 3 is 2.90 bits per heavy atom. The van der Waals surface area contributed by atoms with E-state index in [0.717, 1.165) is 11.1 Å². The molecule has 1 aliphatic rings. The maximum absolute atomic E-state index is 13.7. The molecule has 0 saturated carbocycles. The fourth-order valence-electron chi connectivity index (χ4n) is 2.89. The predicted octanol–water partition coefficient (Wildman–Crippen LogP) is 4.46. The molecule has 1 aliphatic heterocycles. The van der Waals surface area contributed by atoms with Crippen LogP contribution in [0.1, 0.15) is 23.3 Å². The summed E-state index contributed by atoms with van der Waals surface area (Å²) < 4.78 is 19.4. The molecule has 2 heterocycles. The van der Waals surface area contributed by atoms with Crippen molar-refractivity contribution in [3.63, 3.8) is 0 Å². The maximum Gasteiger partial charge on any atom is 0.169 e. The normalized spacial score (nSPS) is 18.9. The number of hydrogen-bond acceptors (Lipinski definition) is 3. The molecular weight excluding hydrogens is 285 g/mol. The molecule has 1 aromatic heterocycles. The summed E-state index contributed by atoms with van der Waals surface area (Å²) in [6.45, 7) is 0. The number of thioether (sulfide) groups is 1. The first-order valence-corrected chi connectivity index (χ1v) is 7.88. The van der Waals surface area contributed by atoms with E-state index in [-0.39, 0.29) is 17.8 Å². The number of hydrogen-bond donors (Lipinski definition) is 1. The average molecular weight is 299 g/mol. The summed E-state index contributed by atoms with van der Waals surface area (Å²) in [6.07, 6.45) is 0. The molecule has 2 aromatic carbocycles. The number of fused-ring (bicyclic) bond motifs is 2. The van der Waals surface area contributed by atoms with E-state index in [9.17, 15) is 4.39 Å². The number of benzene rings is 2. The Labute approximate surface area is 126 Å². The molecule has 4 heteroatoms. The van der Waals surface area contributed by atoms with Gasteiger partial charge in [0.1, 0.15) is 5.76 Å². The van der Waals surface area contributed by atoms with Crippen LogP contribution in [0.3, 0.4) is 0 Å². The van der Waals surface area contributed by atoms with E-state index in [1.54, 1.807) is 6.07 Å². The van der Waals surface area contributed by atoms with E-state index >= 15 is 0 Å². The van der Waals surface area contributed by atoms with Crippen molar-refractivity contribution in [2.45, 2.75) is 16.9 Å². The van der Waals surface area contributed by atoms with E-state index in [1.807, 2.05) is 36.0 Å². The van der Waals surface area contributed by atoms with Crippen LogP contribution in [0.2, 0.25) is 0 Å². The van der Waals surface area contributed by atoms with Crippen molar-refractivity contribution < 1.29 is 8.81 Å². The molecule has 2 unspecified atom stereocenters. The van der Waals surface area contributed by atoms with Crippen LogP contribution in [-0.2, 0) is 0 Å². The molecule has 0 saturated heterocycles. The Morgan fingerprint density at radius 2 is 2.05 bits per heavy atom. The van der Waals surface area contributed by atoms with E-state index in [0.29, 0.717) is 11.3 Å². The zero-order valence-electron chi connectivity index (χ0n) is 11.3. The van der Waals surface area contributed by atoms with Gasteiger partial charge in [-0.2, -0.15) is 0 Å². The molecule has 0 radical (unpaired) electrons. The van der Waals surface area contributed by atoms with Crippen LogP contribution in [0.15, 0.2) is 57.8 Å². The number of nitrogens with two attached hydrogens (primary N) is 1. The van der Waals surface area contributed by atoms with Crippen LogP contribution in [0, 0.1) is 5.82 Å². The lowest BCUT2D eigenvalue weighted by atomic mass is 9.92. The second-order valence-electron chi connectivity index (χ2n) is 5.29. The first kappa shape index (κ1) is 12.9. The topological polar surface area (TPSA) is 39.2 Å². The summed E-state index contributed by atoms with van der Waals surface area (Å²) in [7, 11) is 0. The van der Waals surface area contributed by atoms with Crippen molar-refractivity contribution in [1.82, 2.24) is 0 Å². The lowest BCUT2D eigenvalue weighted by molar-refractivity contribution is 0.451. The molecule has 0 bridgehead atoms. The molecular formula is C17H14FNOS. The van der Waals surface area contributed by atoms with Gasteiger partial charge in [0, 0.05) is 22.0 Å². The Hall–Kier alpha value is -1.78. The Bertz CT molecular complexity index is 813. The van der Waals surface area contributed by atoms with Crippen molar-refractivity contribution in [2.75, 3.05) is 5.75 Å². The van der Waals surface area contributed by atoms with Crippen LogP contribution in [0.5, 0.6) is 0 Å². The van der Waals surface area contributed by atoms with Crippen LogP contribution < -0.4 is 5.73 Å². The molecule has 2 N–H and O–H groups in total. The molecule has 2 nitrogen and oxygen atoms in total. The van der Waals surface area contributed by atoms with Gasteiger partial charge in [0.2, 0.25) is 0 Å². The van der Waals surface area contributed by atoms with Crippen LogP contribution >= 0.6 is 11.8 Å². The highest BCUT2D eigenvalue weighted by Crippen LogP contribution is 2.45. The highest BCUT2D eigenvalue weighted by molar-refractivity contribution is 7.99. The first-order valence-electron chi connectivity index (χ1n) is 6.89. The van der Waals surface area contributed by atoms with Gasteiger partial charge in [-0.15, -0.1) is 11.8 Å². The summed E-state index contributed by atoms with van der Waals surface area (Å²) >= 11 is 1.81. The van der Waals surface area contributed by atoms with Crippen molar-refractivity contribution in [3.8, 4) is 0 Å². The lowest BCUT2D eigenvalue weighted by Gasteiger charge is -2.17. The smallest absolute Gasteiger partial charge is 0.169 e. The summed E-state index contributed by atoms with van der Waals surface area (Å²) in [5.74, 6) is 1.44. The van der Waals surface area contributed by atoms with Gasteiger partial charge in [-0.1, -0.05) is 30.3 Å². The zero-order chi connectivity index (χ0) is 14.4. The van der Waals surface area contributed by atoms with Crippen LogP contribution in [-0.4, -0.2) is 5.75 Å². The van der Waals surface area contributed by atoms with Crippen molar-refractivity contribution >= 4 is 22.7 Å². The minimum atomic E-state index is -0.341. The number of para-hydroxylation sites is 1. The third-order valence-electron chi connectivity index (χ3n) is 4.01. The predicted molar refractivity (Wildman–Crippen MR) is 83.0 cm³/mol. The van der Waals surface area contributed by atoms with Gasteiger partial charge >= 0.3 is 0 Å². The van der Waals surface area contributed by atoms with Gasteiger partial charge in [0.05, 0.1) is 6.04 Å². The molecule has 3 aromatic rings. The average Bonchev–Trinajstić information content (AvgIpc) is 3.11. The van der Waals surface area contributed by atoms with Crippen molar-refractivity contribution in [2.24, 2.45) is 5.73 Å².